The van der Waals surface area contributed by atoms with Gasteiger partial charge < -0.3 is 9.47 Å². The first-order chi connectivity index (χ1) is 15.2. The smallest absolute Gasteiger partial charge is 0.336 e. The van der Waals surface area contributed by atoms with Crippen molar-refractivity contribution in [1.82, 2.24) is 0 Å². The van der Waals surface area contributed by atoms with Gasteiger partial charge >= 0.3 is 5.97 Å². The van der Waals surface area contributed by atoms with Crippen molar-refractivity contribution in [2.24, 2.45) is 34.5 Å². The summed E-state index contributed by atoms with van der Waals surface area (Å²) in [5.74, 6) is 2.17. The van der Waals surface area contributed by atoms with Crippen molar-refractivity contribution in [2.75, 3.05) is 0 Å². The second-order valence-corrected chi connectivity index (χ2v) is 12.1. The van der Waals surface area contributed by atoms with Crippen molar-refractivity contribution in [3.05, 3.63) is 36.0 Å². The fourth-order valence-corrected chi connectivity index (χ4v) is 8.99. The number of carbonyl (C=O) groups is 2. The first-order valence-corrected chi connectivity index (χ1v) is 12.7. The Labute approximate surface area is 191 Å². The summed E-state index contributed by atoms with van der Waals surface area (Å²) in [5.41, 5.74) is 1.17. The summed E-state index contributed by atoms with van der Waals surface area (Å²) in [6.45, 7) is 10.8. The van der Waals surface area contributed by atoms with Gasteiger partial charge in [-0.2, -0.15) is 0 Å². The lowest BCUT2D eigenvalue weighted by Crippen LogP contribution is -2.57. The zero-order valence-corrected chi connectivity index (χ0v) is 19.7. The van der Waals surface area contributed by atoms with Crippen LogP contribution in [0.25, 0.3) is 0 Å². The third-order valence-corrected chi connectivity index (χ3v) is 10.8. The molecule has 0 aromatic heterocycles. The number of hydrogen-bond donors (Lipinski definition) is 0. The molecule has 4 heteroatoms. The number of esters is 1. The third kappa shape index (κ3) is 2.59. The topological polar surface area (TPSA) is 52.6 Å². The minimum absolute atomic E-state index is 0.0542. The molecule has 4 aliphatic carbocycles. The Hall–Kier alpha value is -1.68. The van der Waals surface area contributed by atoms with E-state index < -0.39 is 5.60 Å². The molecule has 0 N–H and O–H groups in total. The number of ether oxygens (including phenoxy) is 2. The molecule has 0 spiro atoms. The number of carbonyl (C=O) groups excluding carboxylic acids is 2. The van der Waals surface area contributed by atoms with Gasteiger partial charge in [0.15, 0.2) is 5.78 Å². The van der Waals surface area contributed by atoms with E-state index in [-0.39, 0.29) is 29.0 Å². The first kappa shape index (κ1) is 20.9. The van der Waals surface area contributed by atoms with E-state index in [0.717, 1.165) is 38.5 Å². The predicted octanol–water partition coefficient (Wildman–Crippen LogP) is 5.33. The molecule has 32 heavy (non-hydrogen) atoms. The Morgan fingerprint density at radius 1 is 1.06 bits per heavy atom. The van der Waals surface area contributed by atoms with Crippen LogP contribution >= 0.6 is 0 Å². The van der Waals surface area contributed by atoms with Crippen LogP contribution in [0.15, 0.2) is 36.0 Å². The van der Waals surface area contributed by atoms with E-state index in [1.54, 1.807) is 0 Å². The van der Waals surface area contributed by atoms with Crippen LogP contribution in [0.4, 0.5) is 0 Å². The van der Waals surface area contributed by atoms with Gasteiger partial charge in [0, 0.05) is 12.8 Å². The van der Waals surface area contributed by atoms with E-state index in [1.165, 1.54) is 18.4 Å². The van der Waals surface area contributed by atoms with E-state index in [2.05, 4.69) is 26.5 Å². The molecule has 2 saturated heterocycles. The van der Waals surface area contributed by atoms with Crippen molar-refractivity contribution in [3.63, 3.8) is 0 Å². The van der Waals surface area contributed by atoms with E-state index in [4.69, 9.17) is 9.47 Å². The summed E-state index contributed by atoms with van der Waals surface area (Å²) < 4.78 is 12.4. The molecule has 2 saturated carbocycles. The monoisotopic (exact) mass is 436 g/mol. The second-order valence-electron chi connectivity index (χ2n) is 12.1. The molecule has 9 unspecified atom stereocenters. The van der Waals surface area contributed by atoms with Gasteiger partial charge in [-0.25, -0.2) is 4.79 Å². The van der Waals surface area contributed by atoms with Crippen LogP contribution in [0.3, 0.4) is 0 Å². The van der Waals surface area contributed by atoms with Crippen molar-refractivity contribution < 1.29 is 19.1 Å². The quantitative estimate of drug-likeness (QED) is 0.317. The highest BCUT2D eigenvalue weighted by atomic mass is 16.6. The molecule has 0 aromatic carbocycles. The normalized spacial score (nSPS) is 52.0. The van der Waals surface area contributed by atoms with Crippen LogP contribution in [0.2, 0.25) is 0 Å². The number of ketones is 1. The fraction of sp³-hybridized carbons (Fsp3) is 0.714. The first-order valence-electron chi connectivity index (χ1n) is 12.7. The maximum absolute atomic E-state index is 13.1. The van der Waals surface area contributed by atoms with E-state index in [0.29, 0.717) is 35.0 Å². The molecule has 0 radical (unpaired) electrons. The summed E-state index contributed by atoms with van der Waals surface area (Å²) in [6, 6.07) is 0. The van der Waals surface area contributed by atoms with E-state index in [9.17, 15) is 9.59 Å². The molecule has 9 atom stereocenters. The molecular formula is C28H36O4. The highest BCUT2D eigenvalue weighted by Gasteiger charge is 2.62. The number of fused-ring (bicyclic) bond motifs is 7. The summed E-state index contributed by atoms with van der Waals surface area (Å²) in [4.78, 5) is 25.3. The standard InChI is InChI=1S/C28H36O4/c1-16-25(30)31-18-14-23(32-27(16,3)15-18)22-11-10-20-19-9-8-17-6-5-7-24(29)28(17,4)21(19)12-13-26(20,22)2/h5,7-8,18-23H,1,6,9-15H2,2-4H3. The Kier molecular flexibility index (Phi) is 4.36. The highest BCUT2D eigenvalue weighted by Crippen LogP contribution is 2.66. The minimum atomic E-state index is -0.592. The summed E-state index contributed by atoms with van der Waals surface area (Å²) >= 11 is 0. The van der Waals surface area contributed by atoms with Gasteiger partial charge in [-0.3, -0.25) is 4.79 Å². The fourth-order valence-electron chi connectivity index (χ4n) is 8.99. The van der Waals surface area contributed by atoms with E-state index >= 15 is 0 Å². The summed E-state index contributed by atoms with van der Waals surface area (Å²) in [7, 11) is 0. The average molecular weight is 437 g/mol. The lowest BCUT2D eigenvalue weighted by Gasteiger charge is -2.57. The largest absolute Gasteiger partial charge is 0.459 e. The maximum atomic E-state index is 13.1. The molecular weight excluding hydrogens is 400 g/mol. The van der Waals surface area contributed by atoms with Crippen LogP contribution in [-0.4, -0.2) is 29.6 Å². The van der Waals surface area contributed by atoms with Crippen LogP contribution in [-0.2, 0) is 19.1 Å². The Morgan fingerprint density at radius 3 is 2.66 bits per heavy atom. The van der Waals surface area contributed by atoms with Crippen LogP contribution < -0.4 is 0 Å². The molecule has 6 aliphatic rings. The molecule has 2 heterocycles. The van der Waals surface area contributed by atoms with Gasteiger partial charge in [-0.05, 0) is 87.5 Å². The minimum Gasteiger partial charge on any atom is -0.459 e. The number of allylic oxidation sites excluding steroid dienone is 4. The Morgan fingerprint density at radius 2 is 1.84 bits per heavy atom. The molecule has 4 nitrogen and oxygen atoms in total. The lowest BCUT2D eigenvalue weighted by molar-refractivity contribution is -0.207. The number of rotatable bonds is 1. The van der Waals surface area contributed by atoms with Crippen molar-refractivity contribution in [2.45, 2.75) is 89.9 Å². The van der Waals surface area contributed by atoms with Gasteiger partial charge in [-0.15, -0.1) is 0 Å². The molecule has 4 fully saturated rings. The van der Waals surface area contributed by atoms with Crippen LogP contribution in [0, 0.1) is 34.5 Å². The zero-order chi connectivity index (χ0) is 22.5. The van der Waals surface area contributed by atoms with E-state index in [1.807, 2.05) is 19.1 Å². The van der Waals surface area contributed by atoms with Gasteiger partial charge in [0.1, 0.15) is 11.7 Å². The van der Waals surface area contributed by atoms with Gasteiger partial charge in [0.05, 0.1) is 17.1 Å². The second kappa shape index (κ2) is 6.68. The predicted molar refractivity (Wildman–Crippen MR) is 122 cm³/mol. The van der Waals surface area contributed by atoms with Crippen LogP contribution in [0.1, 0.15) is 72.1 Å². The Bertz CT molecular complexity index is 960. The van der Waals surface area contributed by atoms with Gasteiger partial charge in [0.25, 0.3) is 0 Å². The van der Waals surface area contributed by atoms with Gasteiger partial charge in [-0.1, -0.05) is 31.2 Å². The summed E-state index contributed by atoms with van der Waals surface area (Å²) in [5, 5.41) is 0. The van der Waals surface area contributed by atoms with Gasteiger partial charge in [0.2, 0.25) is 0 Å². The lowest BCUT2D eigenvalue weighted by atomic mass is 9.47. The maximum Gasteiger partial charge on any atom is 0.336 e. The van der Waals surface area contributed by atoms with Crippen molar-refractivity contribution >= 4 is 11.8 Å². The molecule has 6 rings (SSSR count). The summed E-state index contributed by atoms with van der Waals surface area (Å²) in [6.07, 6.45) is 14.6. The SMILES string of the molecule is C=C1C(=O)OC2CC(C3CCC4C5CC=C6CC=CC(=O)C6(C)C5CCC34C)OC1(C)C2. The van der Waals surface area contributed by atoms with Crippen molar-refractivity contribution in [1.29, 1.82) is 0 Å². The van der Waals surface area contributed by atoms with Crippen molar-refractivity contribution in [3.8, 4) is 0 Å². The molecule has 2 aliphatic heterocycles. The molecule has 0 aromatic rings. The molecule has 2 bridgehead atoms. The third-order valence-electron chi connectivity index (χ3n) is 10.8. The number of hydrogen-bond acceptors (Lipinski definition) is 4. The zero-order valence-electron chi connectivity index (χ0n) is 19.7. The average Bonchev–Trinajstić information content (AvgIpc) is 3.10. The molecule has 0 amide bonds. The van der Waals surface area contributed by atoms with Crippen LogP contribution in [0.5, 0.6) is 0 Å². The molecule has 172 valence electrons. The Balaban J connectivity index is 1.29. The highest BCUT2D eigenvalue weighted by molar-refractivity contribution is 5.98.